The van der Waals surface area contributed by atoms with Gasteiger partial charge in [-0.2, -0.15) is 0 Å². The van der Waals surface area contributed by atoms with Gasteiger partial charge in [0.15, 0.2) is 6.54 Å². The van der Waals surface area contributed by atoms with Crippen molar-refractivity contribution in [1.82, 2.24) is 10.2 Å². The molecule has 0 bridgehead atoms. The fraction of sp³-hybridized carbons (Fsp3) is 0.818. The van der Waals surface area contributed by atoms with Gasteiger partial charge in [0.1, 0.15) is 0 Å². The molecule has 90 valence electrons. The lowest BCUT2D eigenvalue weighted by molar-refractivity contribution is -0.900. The van der Waals surface area contributed by atoms with Gasteiger partial charge in [-0.05, 0) is 12.8 Å². The van der Waals surface area contributed by atoms with Gasteiger partial charge in [0.25, 0.3) is 5.91 Å². The Bertz CT molecular complexity index is 293. The Morgan fingerprint density at radius 3 is 3.06 bits per heavy atom. The van der Waals surface area contributed by atoms with E-state index in [1.165, 1.54) is 22.6 Å². The van der Waals surface area contributed by atoms with Crippen molar-refractivity contribution in [2.45, 2.75) is 19.8 Å². The number of carbonyl (C=O) groups is 2. The predicted molar refractivity (Wildman–Crippen MR) is 59.1 cm³/mol. The molecule has 5 nitrogen and oxygen atoms in total. The Morgan fingerprint density at radius 2 is 2.44 bits per heavy atom. The molecule has 2 saturated heterocycles. The molecule has 2 N–H and O–H groups in total. The number of imide groups is 1. The minimum Gasteiger partial charge on any atom is -0.336 e. The van der Waals surface area contributed by atoms with Crippen LogP contribution >= 0.6 is 0 Å². The Labute approximate surface area is 95.8 Å². The van der Waals surface area contributed by atoms with Crippen molar-refractivity contribution in [3.63, 3.8) is 0 Å². The lowest BCUT2D eigenvalue weighted by Crippen LogP contribution is -3.14. The third kappa shape index (κ3) is 2.52. The van der Waals surface area contributed by atoms with E-state index in [1.807, 2.05) is 0 Å². The van der Waals surface area contributed by atoms with Gasteiger partial charge in [0.2, 0.25) is 0 Å². The summed E-state index contributed by atoms with van der Waals surface area (Å²) >= 11 is 0. The summed E-state index contributed by atoms with van der Waals surface area (Å²) in [5, 5.41) is 2.65. The molecule has 0 saturated carbocycles. The molecule has 0 aromatic rings. The van der Waals surface area contributed by atoms with E-state index < -0.39 is 0 Å². The largest absolute Gasteiger partial charge is 0.336 e. The fourth-order valence-corrected chi connectivity index (χ4v) is 2.58. The van der Waals surface area contributed by atoms with Crippen LogP contribution < -0.4 is 10.2 Å². The van der Waals surface area contributed by atoms with Crippen molar-refractivity contribution in [3.05, 3.63) is 0 Å². The summed E-state index contributed by atoms with van der Waals surface area (Å²) in [5.74, 6) is 0.669. The van der Waals surface area contributed by atoms with Crippen LogP contribution in [0.1, 0.15) is 19.8 Å². The molecule has 2 rings (SSSR count). The third-order valence-electron chi connectivity index (χ3n) is 3.42. The van der Waals surface area contributed by atoms with E-state index in [9.17, 15) is 9.59 Å². The first-order valence-corrected chi connectivity index (χ1v) is 6.08. The molecule has 0 aliphatic carbocycles. The average Bonchev–Trinajstić information content (AvgIpc) is 2.64. The fourth-order valence-electron chi connectivity index (χ4n) is 2.58. The Kier molecular flexibility index (Phi) is 3.43. The van der Waals surface area contributed by atoms with Gasteiger partial charge in [0, 0.05) is 19.0 Å². The minimum atomic E-state index is -0.227. The molecular weight excluding hydrogens is 206 g/mol. The Morgan fingerprint density at radius 1 is 1.62 bits per heavy atom. The van der Waals surface area contributed by atoms with E-state index in [2.05, 4.69) is 12.2 Å². The van der Waals surface area contributed by atoms with Gasteiger partial charge < -0.3 is 10.2 Å². The molecular formula is C11H20N3O2+. The van der Waals surface area contributed by atoms with Crippen molar-refractivity contribution in [3.8, 4) is 0 Å². The standard InChI is InChI=1S/C11H19N3O2/c1-9-3-2-5-13(7-9)8-10(15)14-6-4-12-11(14)16/h9H,2-8H2,1H3,(H,12,16)/p+1/t9-/m1/s1. The summed E-state index contributed by atoms with van der Waals surface area (Å²) in [6.07, 6.45) is 2.46. The summed E-state index contributed by atoms with van der Waals surface area (Å²) in [6.45, 7) is 5.94. The van der Waals surface area contributed by atoms with Gasteiger partial charge in [-0.1, -0.05) is 6.92 Å². The number of hydrogen-bond donors (Lipinski definition) is 2. The molecule has 0 aromatic heterocycles. The smallest absolute Gasteiger partial charge is 0.324 e. The number of nitrogens with one attached hydrogen (secondary N) is 2. The van der Waals surface area contributed by atoms with Gasteiger partial charge in [-0.3, -0.25) is 9.69 Å². The lowest BCUT2D eigenvalue weighted by atomic mass is 10.0. The van der Waals surface area contributed by atoms with Crippen LogP contribution in [0.2, 0.25) is 0 Å². The maximum Gasteiger partial charge on any atom is 0.324 e. The number of nitrogens with zero attached hydrogens (tertiary/aromatic N) is 1. The number of piperidine rings is 1. The zero-order valence-electron chi connectivity index (χ0n) is 9.79. The SMILES string of the molecule is C[C@@H]1CCC[NH+](CC(=O)N2CCNC2=O)C1. The summed E-state index contributed by atoms with van der Waals surface area (Å²) in [7, 11) is 0. The molecule has 1 unspecified atom stereocenters. The Balaban J connectivity index is 1.84. The predicted octanol–water partition coefficient (Wildman–Crippen LogP) is -1.15. The third-order valence-corrected chi connectivity index (χ3v) is 3.42. The first-order chi connectivity index (χ1) is 7.66. The number of quaternary nitrogens is 1. The van der Waals surface area contributed by atoms with Crippen molar-refractivity contribution in [1.29, 1.82) is 0 Å². The highest BCUT2D eigenvalue weighted by Gasteiger charge is 2.30. The van der Waals surface area contributed by atoms with E-state index >= 15 is 0 Å². The van der Waals surface area contributed by atoms with Crippen LogP contribution in [0.15, 0.2) is 0 Å². The number of amides is 3. The highest BCUT2D eigenvalue weighted by molar-refractivity contribution is 5.96. The summed E-state index contributed by atoms with van der Waals surface area (Å²) < 4.78 is 0. The van der Waals surface area contributed by atoms with E-state index in [-0.39, 0.29) is 11.9 Å². The number of rotatable bonds is 2. The van der Waals surface area contributed by atoms with Crippen LogP contribution in [0.25, 0.3) is 0 Å². The summed E-state index contributed by atoms with van der Waals surface area (Å²) in [4.78, 5) is 25.8. The molecule has 2 aliphatic heterocycles. The Hall–Kier alpha value is -1.10. The topological polar surface area (TPSA) is 53.9 Å². The second kappa shape index (κ2) is 4.82. The molecule has 16 heavy (non-hydrogen) atoms. The molecule has 2 aliphatic rings. The average molecular weight is 226 g/mol. The molecule has 2 heterocycles. The normalized spacial score (nSPS) is 30.3. The second-order valence-electron chi connectivity index (χ2n) is 4.91. The monoisotopic (exact) mass is 226 g/mol. The van der Waals surface area contributed by atoms with Crippen LogP contribution in [0, 0.1) is 5.92 Å². The molecule has 3 amide bonds. The van der Waals surface area contributed by atoms with E-state index in [1.54, 1.807) is 0 Å². The minimum absolute atomic E-state index is 0.0286. The first-order valence-electron chi connectivity index (χ1n) is 6.08. The van der Waals surface area contributed by atoms with Crippen molar-refractivity contribution >= 4 is 11.9 Å². The van der Waals surface area contributed by atoms with E-state index in [0.717, 1.165) is 13.1 Å². The van der Waals surface area contributed by atoms with Crippen LogP contribution in [-0.2, 0) is 4.79 Å². The lowest BCUT2D eigenvalue weighted by Gasteiger charge is -2.28. The van der Waals surface area contributed by atoms with E-state index in [0.29, 0.717) is 25.6 Å². The summed E-state index contributed by atoms with van der Waals surface area (Å²) in [6, 6.07) is -0.227. The van der Waals surface area contributed by atoms with E-state index in [4.69, 9.17) is 0 Å². The van der Waals surface area contributed by atoms with Gasteiger partial charge in [0.05, 0.1) is 13.1 Å². The van der Waals surface area contributed by atoms with Gasteiger partial charge in [-0.15, -0.1) is 0 Å². The van der Waals surface area contributed by atoms with Gasteiger partial charge >= 0.3 is 6.03 Å². The zero-order valence-corrected chi connectivity index (χ0v) is 9.79. The van der Waals surface area contributed by atoms with Crippen LogP contribution in [-0.4, -0.2) is 49.6 Å². The highest BCUT2D eigenvalue weighted by atomic mass is 16.2. The van der Waals surface area contributed by atoms with Crippen molar-refractivity contribution in [2.24, 2.45) is 5.92 Å². The summed E-state index contributed by atoms with van der Waals surface area (Å²) in [5.41, 5.74) is 0. The molecule has 5 heteroatoms. The first kappa shape index (κ1) is 11.4. The molecule has 0 aromatic carbocycles. The molecule has 0 spiro atoms. The van der Waals surface area contributed by atoms with Crippen LogP contribution in [0.3, 0.4) is 0 Å². The number of carbonyl (C=O) groups excluding carboxylic acids is 2. The van der Waals surface area contributed by atoms with Crippen LogP contribution in [0.5, 0.6) is 0 Å². The number of hydrogen-bond acceptors (Lipinski definition) is 2. The van der Waals surface area contributed by atoms with Crippen molar-refractivity contribution in [2.75, 3.05) is 32.7 Å². The maximum absolute atomic E-state index is 11.9. The quantitative estimate of drug-likeness (QED) is 0.625. The zero-order chi connectivity index (χ0) is 11.5. The molecule has 2 atom stereocenters. The highest BCUT2D eigenvalue weighted by Crippen LogP contribution is 2.05. The van der Waals surface area contributed by atoms with Crippen LogP contribution in [0.4, 0.5) is 4.79 Å². The second-order valence-corrected chi connectivity index (χ2v) is 4.91. The van der Waals surface area contributed by atoms with Crippen molar-refractivity contribution < 1.29 is 14.5 Å². The van der Waals surface area contributed by atoms with Gasteiger partial charge in [-0.25, -0.2) is 4.79 Å². The number of likely N-dealkylation sites (tertiary alicyclic amines) is 1. The maximum atomic E-state index is 11.9. The number of urea groups is 1. The molecule has 0 radical (unpaired) electrons. The molecule has 2 fully saturated rings.